The van der Waals surface area contributed by atoms with Crippen LogP contribution in [-0.4, -0.2) is 47.1 Å². The van der Waals surface area contributed by atoms with Crippen molar-refractivity contribution in [2.45, 2.75) is 226 Å². The van der Waals surface area contributed by atoms with Crippen molar-refractivity contribution in [3.8, 4) is 0 Å². The van der Waals surface area contributed by atoms with Crippen LogP contribution in [0.15, 0.2) is 24.3 Å². The SMILES string of the molecule is CCCCCCC(O)C/C=C\CCCCCCCC(=O)OC(C)C.CCCCCCC(O)C/C=C\CCCCCCCC(=O)OCCC. The summed E-state index contributed by atoms with van der Waals surface area (Å²) in [6.07, 6.45) is 37.1. The fourth-order valence-electron chi connectivity index (χ4n) is 5.33. The monoisotopic (exact) mass is 681 g/mol. The Labute approximate surface area is 297 Å². The number of carbonyl (C=O) groups excluding carboxylic acids is 2. The lowest BCUT2D eigenvalue weighted by Crippen LogP contribution is -2.10. The van der Waals surface area contributed by atoms with E-state index in [0.29, 0.717) is 19.4 Å². The molecule has 0 spiro atoms. The molecule has 2 unspecified atom stereocenters. The van der Waals surface area contributed by atoms with E-state index in [-0.39, 0.29) is 30.3 Å². The molecule has 0 bridgehead atoms. The summed E-state index contributed by atoms with van der Waals surface area (Å²) in [6.45, 7) is 10.8. The molecule has 284 valence electrons. The molecular weight excluding hydrogens is 600 g/mol. The molecule has 0 aliphatic heterocycles. The van der Waals surface area contributed by atoms with Gasteiger partial charge in [0.05, 0.1) is 24.9 Å². The Bertz CT molecular complexity index is 732. The smallest absolute Gasteiger partial charge is 0.306 e. The quantitative estimate of drug-likeness (QED) is 0.0407. The summed E-state index contributed by atoms with van der Waals surface area (Å²) in [5.41, 5.74) is 0. The van der Waals surface area contributed by atoms with Crippen molar-refractivity contribution in [2.24, 2.45) is 0 Å². The Morgan fingerprint density at radius 2 is 0.938 bits per heavy atom. The zero-order valence-electron chi connectivity index (χ0n) is 32.4. The van der Waals surface area contributed by atoms with E-state index in [4.69, 9.17) is 9.47 Å². The predicted octanol–water partition coefficient (Wildman–Crippen LogP) is 11.9. The van der Waals surface area contributed by atoms with Gasteiger partial charge in [0.1, 0.15) is 0 Å². The van der Waals surface area contributed by atoms with Crippen LogP contribution in [0.3, 0.4) is 0 Å². The van der Waals surface area contributed by atoms with Gasteiger partial charge >= 0.3 is 11.9 Å². The molecule has 0 amide bonds. The van der Waals surface area contributed by atoms with Crippen molar-refractivity contribution in [2.75, 3.05) is 6.61 Å². The van der Waals surface area contributed by atoms with Gasteiger partial charge in [0.2, 0.25) is 0 Å². The third-order valence-corrected chi connectivity index (χ3v) is 8.27. The van der Waals surface area contributed by atoms with Crippen LogP contribution in [0, 0.1) is 0 Å². The molecule has 6 nitrogen and oxygen atoms in total. The van der Waals surface area contributed by atoms with Gasteiger partial charge < -0.3 is 19.7 Å². The summed E-state index contributed by atoms with van der Waals surface area (Å²) in [4.78, 5) is 22.7. The predicted molar refractivity (Wildman–Crippen MR) is 204 cm³/mol. The standard InChI is InChI=1S/2C21H40O3/c1-4-5-6-13-16-20(22)17-14-11-9-7-8-10-12-15-18-21(23)24-19(2)3;1-3-5-6-13-16-20(22)17-14-11-9-7-8-10-12-15-18-21(23)24-19-4-2/h11,14,19-20,22H,4-10,12-13,15-18H2,1-3H3;11,14,20,22H,3-10,12-13,15-19H2,1-2H3/b2*14-11-. The number of hydrogen-bond donors (Lipinski definition) is 2. The maximum Gasteiger partial charge on any atom is 0.306 e. The van der Waals surface area contributed by atoms with Crippen LogP contribution < -0.4 is 0 Å². The maximum atomic E-state index is 11.4. The molecule has 0 aromatic carbocycles. The molecule has 6 heteroatoms. The number of rotatable bonds is 33. The van der Waals surface area contributed by atoms with Gasteiger partial charge in [-0.05, 0) is 84.5 Å². The first-order chi connectivity index (χ1) is 23.3. The Morgan fingerprint density at radius 3 is 1.38 bits per heavy atom. The highest BCUT2D eigenvalue weighted by molar-refractivity contribution is 5.69. The van der Waals surface area contributed by atoms with E-state index in [1.807, 2.05) is 20.8 Å². The molecule has 0 aliphatic rings. The molecule has 0 heterocycles. The van der Waals surface area contributed by atoms with E-state index in [9.17, 15) is 19.8 Å². The fraction of sp³-hybridized carbons (Fsp3) is 0.857. The number of allylic oxidation sites excluding steroid dienone is 2. The average Bonchev–Trinajstić information content (AvgIpc) is 3.05. The molecule has 48 heavy (non-hydrogen) atoms. The third-order valence-electron chi connectivity index (χ3n) is 8.27. The number of ether oxygens (including phenoxy) is 2. The van der Waals surface area contributed by atoms with Gasteiger partial charge in [0.15, 0.2) is 0 Å². The molecule has 0 radical (unpaired) electrons. The normalized spacial score (nSPS) is 12.8. The van der Waals surface area contributed by atoms with Crippen LogP contribution in [-0.2, 0) is 19.1 Å². The topological polar surface area (TPSA) is 93.1 Å². The molecule has 0 saturated carbocycles. The van der Waals surface area contributed by atoms with Crippen molar-refractivity contribution in [1.29, 1.82) is 0 Å². The van der Waals surface area contributed by atoms with Crippen LogP contribution in [0.2, 0.25) is 0 Å². The van der Waals surface area contributed by atoms with Crippen LogP contribution >= 0.6 is 0 Å². The lowest BCUT2D eigenvalue weighted by molar-refractivity contribution is -0.147. The summed E-state index contributed by atoms with van der Waals surface area (Å²) in [5, 5.41) is 19.7. The summed E-state index contributed by atoms with van der Waals surface area (Å²) < 4.78 is 10.2. The van der Waals surface area contributed by atoms with Gasteiger partial charge in [-0.3, -0.25) is 9.59 Å². The van der Waals surface area contributed by atoms with Gasteiger partial charge in [-0.2, -0.15) is 0 Å². The van der Waals surface area contributed by atoms with Crippen LogP contribution in [0.1, 0.15) is 208 Å². The van der Waals surface area contributed by atoms with Gasteiger partial charge in [0, 0.05) is 12.8 Å². The highest BCUT2D eigenvalue weighted by Gasteiger charge is 2.05. The van der Waals surface area contributed by atoms with Crippen LogP contribution in [0.5, 0.6) is 0 Å². The minimum atomic E-state index is -0.163. The molecule has 0 aliphatic carbocycles. The van der Waals surface area contributed by atoms with Gasteiger partial charge in [0.25, 0.3) is 0 Å². The van der Waals surface area contributed by atoms with E-state index in [2.05, 4.69) is 38.2 Å². The number of hydrogen-bond acceptors (Lipinski definition) is 6. The lowest BCUT2D eigenvalue weighted by Gasteiger charge is -2.07. The molecule has 0 aromatic rings. The second-order valence-corrected chi connectivity index (χ2v) is 13.8. The highest BCUT2D eigenvalue weighted by atomic mass is 16.5. The first-order valence-electron chi connectivity index (χ1n) is 20.3. The van der Waals surface area contributed by atoms with Crippen molar-refractivity contribution in [3.05, 3.63) is 24.3 Å². The van der Waals surface area contributed by atoms with Crippen molar-refractivity contribution in [3.63, 3.8) is 0 Å². The van der Waals surface area contributed by atoms with Crippen molar-refractivity contribution >= 4 is 11.9 Å². The summed E-state index contributed by atoms with van der Waals surface area (Å²) in [7, 11) is 0. The molecule has 0 aromatic heterocycles. The number of unbranched alkanes of at least 4 members (excludes halogenated alkanes) is 16. The summed E-state index contributed by atoms with van der Waals surface area (Å²) >= 11 is 0. The van der Waals surface area contributed by atoms with Gasteiger partial charge in [-0.1, -0.05) is 135 Å². The maximum absolute atomic E-state index is 11.4. The van der Waals surface area contributed by atoms with Crippen molar-refractivity contribution < 1.29 is 29.3 Å². The first-order valence-corrected chi connectivity index (χ1v) is 20.3. The molecule has 0 fully saturated rings. The Morgan fingerprint density at radius 1 is 0.521 bits per heavy atom. The lowest BCUT2D eigenvalue weighted by atomic mass is 10.1. The molecule has 0 saturated heterocycles. The second-order valence-electron chi connectivity index (χ2n) is 13.8. The number of carbonyl (C=O) groups is 2. The Hall–Kier alpha value is -1.66. The molecule has 2 atom stereocenters. The molecule has 0 rings (SSSR count). The zero-order chi connectivity index (χ0) is 35.9. The Balaban J connectivity index is 0. The van der Waals surface area contributed by atoms with E-state index >= 15 is 0 Å². The minimum Gasteiger partial charge on any atom is -0.466 e. The van der Waals surface area contributed by atoms with Gasteiger partial charge in [-0.15, -0.1) is 0 Å². The number of aliphatic hydroxyl groups excluding tert-OH is 2. The largest absolute Gasteiger partial charge is 0.466 e. The summed E-state index contributed by atoms with van der Waals surface area (Å²) in [5.74, 6) is -0.116. The third kappa shape index (κ3) is 42.4. The molecular formula is C42H80O6. The van der Waals surface area contributed by atoms with E-state index < -0.39 is 0 Å². The summed E-state index contributed by atoms with van der Waals surface area (Å²) in [6, 6.07) is 0. The molecule has 2 N–H and O–H groups in total. The highest BCUT2D eigenvalue weighted by Crippen LogP contribution is 2.12. The number of esters is 2. The van der Waals surface area contributed by atoms with Crippen LogP contribution in [0.25, 0.3) is 0 Å². The van der Waals surface area contributed by atoms with Gasteiger partial charge in [-0.25, -0.2) is 0 Å². The number of aliphatic hydroxyl groups is 2. The van der Waals surface area contributed by atoms with E-state index in [1.54, 1.807) is 0 Å². The van der Waals surface area contributed by atoms with Crippen LogP contribution in [0.4, 0.5) is 0 Å². The Kier molecular flexibility index (Phi) is 40.2. The fourth-order valence-corrected chi connectivity index (χ4v) is 5.33. The first kappa shape index (κ1) is 48.5. The minimum absolute atomic E-state index is 0.000791. The van der Waals surface area contributed by atoms with Crippen molar-refractivity contribution in [1.82, 2.24) is 0 Å². The second kappa shape index (κ2) is 39.8. The zero-order valence-corrected chi connectivity index (χ0v) is 32.4. The average molecular weight is 681 g/mol. The van der Waals surface area contributed by atoms with E-state index in [0.717, 1.165) is 83.5 Å². The van der Waals surface area contributed by atoms with E-state index in [1.165, 1.54) is 77.0 Å².